The normalized spacial score (nSPS) is 23.2. The molecule has 0 saturated heterocycles. The molecule has 1 fully saturated rings. The number of benzene rings is 1. The molecular weight excluding hydrogens is 241 g/mol. The van der Waals surface area contributed by atoms with Crippen LogP contribution in [-0.4, -0.2) is 13.6 Å². The van der Waals surface area contributed by atoms with E-state index in [1.807, 2.05) is 12.1 Å². The van der Waals surface area contributed by atoms with Crippen LogP contribution in [0.2, 0.25) is 5.02 Å². The van der Waals surface area contributed by atoms with E-state index in [9.17, 15) is 0 Å². The highest BCUT2D eigenvalue weighted by atomic mass is 35.5. The number of hydrogen-bond donors (Lipinski definition) is 0. The molecule has 88 valence electrons. The summed E-state index contributed by atoms with van der Waals surface area (Å²) in [5.74, 6) is 2.24. The van der Waals surface area contributed by atoms with E-state index in [0.29, 0.717) is 5.88 Å². The van der Waals surface area contributed by atoms with Crippen molar-refractivity contribution < 1.29 is 0 Å². The topological polar surface area (TPSA) is 3.24 Å². The zero-order valence-corrected chi connectivity index (χ0v) is 11.2. The van der Waals surface area contributed by atoms with Gasteiger partial charge in [0, 0.05) is 19.5 Å². The van der Waals surface area contributed by atoms with Crippen LogP contribution in [0, 0.1) is 11.8 Å². The first-order valence-electron chi connectivity index (χ1n) is 5.67. The van der Waals surface area contributed by atoms with Gasteiger partial charge in [-0.1, -0.05) is 24.6 Å². The van der Waals surface area contributed by atoms with Crippen LogP contribution in [-0.2, 0) is 5.88 Å². The van der Waals surface area contributed by atoms with Crippen molar-refractivity contribution >= 4 is 28.9 Å². The van der Waals surface area contributed by atoms with Crippen LogP contribution < -0.4 is 4.90 Å². The number of alkyl halides is 1. The van der Waals surface area contributed by atoms with Crippen molar-refractivity contribution in [1.82, 2.24) is 0 Å². The lowest BCUT2D eigenvalue weighted by Gasteiger charge is -2.21. The Labute approximate surface area is 107 Å². The van der Waals surface area contributed by atoms with Gasteiger partial charge in [0.05, 0.1) is 10.7 Å². The van der Waals surface area contributed by atoms with Gasteiger partial charge >= 0.3 is 0 Å². The molecule has 1 aliphatic rings. The van der Waals surface area contributed by atoms with Crippen LogP contribution in [0.3, 0.4) is 0 Å². The molecular formula is C13H17Cl2N. The molecule has 0 heterocycles. The third-order valence-corrected chi connectivity index (χ3v) is 3.97. The van der Waals surface area contributed by atoms with Crippen molar-refractivity contribution in [2.24, 2.45) is 11.8 Å². The highest BCUT2D eigenvalue weighted by Crippen LogP contribution is 2.39. The molecule has 3 heteroatoms. The number of rotatable bonds is 4. The smallest absolute Gasteiger partial charge is 0.0642 e. The highest BCUT2D eigenvalue weighted by Gasteiger charge is 2.33. The Hall–Kier alpha value is -0.400. The molecule has 0 aliphatic heterocycles. The van der Waals surface area contributed by atoms with Gasteiger partial charge in [0.25, 0.3) is 0 Å². The molecule has 0 amide bonds. The van der Waals surface area contributed by atoms with Gasteiger partial charge in [0.1, 0.15) is 0 Å². The van der Waals surface area contributed by atoms with E-state index >= 15 is 0 Å². The quantitative estimate of drug-likeness (QED) is 0.732. The third-order valence-electron chi connectivity index (χ3n) is 3.36. The van der Waals surface area contributed by atoms with Gasteiger partial charge in [0.2, 0.25) is 0 Å². The largest absolute Gasteiger partial charge is 0.373 e. The van der Waals surface area contributed by atoms with Gasteiger partial charge in [-0.25, -0.2) is 0 Å². The SMILES string of the molecule is CC1CC1CN(C)c1ccc(CCl)cc1Cl. The van der Waals surface area contributed by atoms with E-state index in [1.165, 1.54) is 6.42 Å². The second-order valence-electron chi connectivity index (χ2n) is 4.77. The van der Waals surface area contributed by atoms with E-state index in [0.717, 1.165) is 34.7 Å². The zero-order chi connectivity index (χ0) is 11.7. The van der Waals surface area contributed by atoms with Crippen LogP contribution in [0.25, 0.3) is 0 Å². The van der Waals surface area contributed by atoms with Crippen LogP contribution in [0.5, 0.6) is 0 Å². The van der Waals surface area contributed by atoms with E-state index in [2.05, 4.69) is 24.9 Å². The summed E-state index contributed by atoms with van der Waals surface area (Å²) in [5, 5.41) is 0.800. The Bertz CT molecular complexity index is 378. The minimum Gasteiger partial charge on any atom is -0.373 e. The second kappa shape index (κ2) is 4.85. The van der Waals surface area contributed by atoms with Crippen molar-refractivity contribution in [3.8, 4) is 0 Å². The molecule has 1 saturated carbocycles. The Morgan fingerprint density at radius 3 is 2.62 bits per heavy atom. The summed E-state index contributed by atoms with van der Waals surface area (Å²) in [7, 11) is 2.10. The summed E-state index contributed by atoms with van der Waals surface area (Å²) in [6.07, 6.45) is 1.35. The summed E-state index contributed by atoms with van der Waals surface area (Å²) >= 11 is 12.0. The minimum atomic E-state index is 0.517. The van der Waals surface area contributed by atoms with Crippen LogP contribution in [0.1, 0.15) is 18.9 Å². The van der Waals surface area contributed by atoms with E-state index in [1.54, 1.807) is 0 Å². The molecule has 1 aromatic carbocycles. The molecule has 1 aliphatic carbocycles. The Morgan fingerprint density at radius 1 is 1.44 bits per heavy atom. The fourth-order valence-electron chi connectivity index (χ4n) is 2.05. The summed E-state index contributed by atoms with van der Waals surface area (Å²) in [6, 6.07) is 6.06. The average molecular weight is 258 g/mol. The molecule has 2 rings (SSSR count). The highest BCUT2D eigenvalue weighted by molar-refractivity contribution is 6.33. The molecule has 2 unspecified atom stereocenters. The van der Waals surface area contributed by atoms with Gasteiger partial charge < -0.3 is 4.90 Å². The maximum atomic E-state index is 6.24. The number of nitrogens with zero attached hydrogens (tertiary/aromatic N) is 1. The van der Waals surface area contributed by atoms with E-state index < -0.39 is 0 Å². The molecule has 0 aromatic heterocycles. The molecule has 0 N–H and O–H groups in total. The maximum Gasteiger partial charge on any atom is 0.0642 e. The third kappa shape index (κ3) is 2.64. The monoisotopic (exact) mass is 257 g/mol. The van der Waals surface area contributed by atoms with Gasteiger partial charge in [-0.3, -0.25) is 0 Å². The summed E-state index contributed by atoms with van der Waals surface area (Å²) < 4.78 is 0. The minimum absolute atomic E-state index is 0.517. The number of anilines is 1. The van der Waals surface area contributed by atoms with Crippen molar-refractivity contribution in [3.63, 3.8) is 0 Å². The predicted octanol–water partition coefficient (Wildman–Crippen LogP) is 4.17. The Balaban J connectivity index is 2.07. The number of hydrogen-bond acceptors (Lipinski definition) is 1. The van der Waals surface area contributed by atoms with Crippen molar-refractivity contribution in [2.45, 2.75) is 19.2 Å². The molecule has 2 atom stereocenters. The number of halogens is 2. The van der Waals surface area contributed by atoms with Crippen molar-refractivity contribution in [2.75, 3.05) is 18.5 Å². The summed E-state index contributed by atoms with van der Waals surface area (Å²) in [6.45, 7) is 3.40. The molecule has 16 heavy (non-hydrogen) atoms. The van der Waals surface area contributed by atoms with Gasteiger partial charge in [-0.2, -0.15) is 0 Å². The molecule has 0 spiro atoms. The second-order valence-corrected chi connectivity index (χ2v) is 5.45. The fraction of sp³-hybridized carbons (Fsp3) is 0.538. The predicted molar refractivity (Wildman–Crippen MR) is 71.6 cm³/mol. The van der Waals surface area contributed by atoms with Crippen LogP contribution >= 0.6 is 23.2 Å². The van der Waals surface area contributed by atoms with Crippen molar-refractivity contribution in [1.29, 1.82) is 0 Å². The molecule has 1 aromatic rings. The average Bonchev–Trinajstić information content (AvgIpc) is 2.93. The lowest BCUT2D eigenvalue weighted by Crippen LogP contribution is -2.20. The maximum absolute atomic E-state index is 6.24. The fourth-order valence-corrected chi connectivity index (χ4v) is 2.56. The van der Waals surface area contributed by atoms with E-state index in [4.69, 9.17) is 23.2 Å². The van der Waals surface area contributed by atoms with Gasteiger partial charge in [0.15, 0.2) is 0 Å². The van der Waals surface area contributed by atoms with Crippen LogP contribution in [0.15, 0.2) is 18.2 Å². The van der Waals surface area contributed by atoms with Gasteiger partial charge in [-0.15, -0.1) is 11.6 Å². The lowest BCUT2D eigenvalue weighted by atomic mass is 10.2. The first kappa shape index (κ1) is 12.1. The van der Waals surface area contributed by atoms with Gasteiger partial charge in [-0.05, 0) is 36.0 Å². The first-order valence-corrected chi connectivity index (χ1v) is 6.58. The Kier molecular flexibility index (Phi) is 3.66. The van der Waals surface area contributed by atoms with E-state index in [-0.39, 0.29) is 0 Å². The molecule has 0 bridgehead atoms. The first-order chi connectivity index (χ1) is 7.61. The Morgan fingerprint density at radius 2 is 2.12 bits per heavy atom. The lowest BCUT2D eigenvalue weighted by molar-refractivity contribution is 0.725. The standard InChI is InChI=1S/C13H17Cl2N/c1-9-5-11(9)8-16(2)13-4-3-10(7-14)6-12(13)15/h3-4,6,9,11H,5,7-8H2,1-2H3. The molecule has 0 radical (unpaired) electrons. The summed E-state index contributed by atoms with van der Waals surface area (Å²) in [4.78, 5) is 2.24. The zero-order valence-electron chi connectivity index (χ0n) is 9.71. The summed E-state index contributed by atoms with van der Waals surface area (Å²) in [5.41, 5.74) is 2.18. The molecule has 1 nitrogen and oxygen atoms in total. The van der Waals surface area contributed by atoms with Crippen LogP contribution in [0.4, 0.5) is 5.69 Å². The van der Waals surface area contributed by atoms with Crippen molar-refractivity contribution in [3.05, 3.63) is 28.8 Å².